The molecule has 3 aliphatic rings. The normalized spacial score (nSPS) is 41.3. The van der Waals surface area contributed by atoms with Crippen molar-refractivity contribution in [3.8, 4) is 0 Å². The van der Waals surface area contributed by atoms with Crippen molar-refractivity contribution in [3.05, 3.63) is 12.2 Å². The predicted molar refractivity (Wildman–Crippen MR) is 85.8 cm³/mol. The maximum absolute atomic E-state index is 2.88. The molecule has 3 rings (SSSR count). The Balaban J connectivity index is 1.68. The average molecular weight is 278 g/mol. The Morgan fingerprint density at radius 3 is 2.37 bits per heavy atom. The molecule has 1 nitrogen and oxygen atoms in total. The van der Waals surface area contributed by atoms with E-state index in [2.05, 4.69) is 50.6 Å². The molecule has 2 heteroatoms. The van der Waals surface area contributed by atoms with Crippen molar-refractivity contribution in [1.29, 1.82) is 0 Å². The van der Waals surface area contributed by atoms with Gasteiger partial charge >= 0.3 is 0 Å². The van der Waals surface area contributed by atoms with Crippen LogP contribution in [-0.4, -0.2) is 24.9 Å². The zero-order chi connectivity index (χ0) is 13.8. The predicted octanol–water partition coefficient (Wildman–Crippen LogP) is 4.67. The van der Waals surface area contributed by atoms with Crippen molar-refractivity contribution in [3.63, 3.8) is 0 Å². The van der Waals surface area contributed by atoms with Crippen molar-refractivity contribution in [2.24, 2.45) is 17.8 Å². The molecule has 1 aliphatic heterocycles. The molecule has 0 amide bonds. The molecule has 2 aliphatic carbocycles. The van der Waals surface area contributed by atoms with Gasteiger partial charge in [-0.3, -0.25) is 0 Å². The molecule has 0 aromatic carbocycles. The smallest absolute Gasteiger partial charge is 0.125 e. The third-order valence-electron chi connectivity index (χ3n) is 6.21. The van der Waals surface area contributed by atoms with E-state index in [4.69, 9.17) is 0 Å². The first kappa shape index (κ1) is 13.9. The van der Waals surface area contributed by atoms with Crippen molar-refractivity contribution in [2.45, 2.75) is 70.6 Å². The second-order valence-corrected chi connectivity index (χ2v) is 13.4. The molecule has 4 atom stereocenters. The molecule has 108 valence electrons. The van der Waals surface area contributed by atoms with Gasteiger partial charge in [0.05, 0.1) is 0 Å². The molecule has 0 radical (unpaired) electrons. The zero-order valence-electron chi connectivity index (χ0n) is 13.4. The highest BCUT2D eigenvalue weighted by Crippen LogP contribution is 2.51. The van der Waals surface area contributed by atoms with Crippen LogP contribution in [0.3, 0.4) is 0 Å². The first-order valence-corrected chi connectivity index (χ1v) is 11.3. The highest BCUT2D eigenvalue weighted by Gasteiger charge is 2.49. The summed E-state index contributed by atoms with van der Waals surface area (Å²) in [6.07, 6.45) is 11.0. The lowest BCUT2D eigenvalue weighted by Gasteiger charge is -2.44. The fourth-order valence-corrected chi connectivity index (χ4v) is 9.87. The summed E-state index contributed by atoms with van der Waals surface area (Å²) in [5.41, 5.74) is 1.41. The Kier molecular flexibility index (Phi) is 3.26. The summed E-state index contributed by atoms with van der Waals surface area (Å²) in [6, 6.07) is 0. The van der Waals surface area contributed by atoms with E-state index in [1.165, 1.54) is 32.2 Å². The van der Waals surface area contributed by atoms with Crippen molar-refractivity contribution >= 4 is 8.24 Å². The van der Waals surface area contributed by atoms with Crippen LogP contribution in [-0.2, 0) is 0 Å². The van der Waals surface area contributed by atoms with E-state index in [0.29, 0.717) is 5.54 Å². The fourth-order valence-electron chi connectivity index (χ4n) is 5.28. The van der Waals surface area contributed by atoms with E-state index in [1.54, 1.807) is 0 Å². The Morgan fingerprint density at radius 2 is 1.89 bits per heavy atom. The number of hydrogen-bond acceptors (Lipinski definition) is 1. The van der Waals surface area contributed by atoms with E-state index in [1.807, 2.05) is 0 Å². The highest BCUT2D eigenvalue weighted by atomic mass is 28.3. The summed E-state index contributed by atoms with van der Waals surface area (Å²) in [7, 11) is -1.22. The number of rotatable bonds is 2. The minimum atomic E-state index is -1.22. The lowest BCUT2D eigenvalue weighted by molar-refractivity contribution is 0.259. The van der Waals surface area contributed by atoms with Crippen molar-refractivity contribution in [1.82, 2.24) is 4.57 Å². The van der Waals surface area contributed by atoms with E-state index >= 15 is 0 Å². The van der Waals surface area contributed by atoms with Crippen LogP contribution in [0.25, 0.3) is 0 Å². The molecule has 1 heterocycles. The summed E-state index contributed by atoms with van der Waals surface area (Å²) in [6.45, 7) is 13.8. The third-order valence-corrected chi connectivity index (χ3v) is 11.0. The zero-order valence-corrected chi connectivity index (χ0v) is 14.4. The highest BCUT2D eigenvalue weighted by molar-refractivity contribution is 6.76. The summed E-state index contributed by atoms with van der Waals surface area (Å²) in [5.74, 6) is 2.91. The second kappa shape index (κ2) is 4.46. The molecule has 2 fully saturated rings. The number of nitrogens with zero attached hydrogens (tertiary/aromatic N) is 1. The van der Waals surface area contributed by atoms with Crippen LogP contribution in [0.4, 0.5) is 0 Å². The molecule has 1 saturated heterocycles. The molecule has 0 aromatic heterocycles. The molecule has 0 N–H and O–H groups in total. The van der Waals surface area contributed by atoms with Gasteiger partial charge in [0, 0.05) is 5.54 Å². The Hall–Kier alpha value is -0.0831. The number of fused-ring (bicyclic) bond motifs is 2. The first-order chi connectivity index (χ1) is 8.78. The van der Waals surface area contributed by atoms with Crippen LogP contribution in [0.15, 0.2) is 12.2 Å². The topological polar surface area (TPSA) is 3.24 Å². The van der Waals surface area contributed by atoms with E-state index in [0.717, 1.165) is 23.3 Å². The maximum Gasteiger partial charge on any atom is 0.125 e. The van der Waals surface area contributed by atoms with Gasteiger partial charge in [-0.15, -0.1) is 0 Å². The van der Waals surface area contributed by atoms with Gasteiger partial charge in [-0.2, -0.15) is 0 Å². The first-order valence-electron chi connectivity index (χ1n) is 8.24. The molecule has 1 saturated carbocycles. The van der Waals surface area contributed by atoms with Gasteiger partial charge in [-0.25, -0.2) is 0 Å². The molecule has 0 aromatic rings. The van der Waals surface area contributed by atoms with Gasteiger partial charge < -0.3 is 4.57 Å². The van der Waals surface area contributed by atoms with E-state index in [-0.39, 0.29) is 0 Å². The summed E-state index contributed by atoms with van der Waals surface area (Å²) in [4.78, 5) is 0. The number of allylic oxidation sites excluding steroid dienone is 2. The SMILES string of the molecule is CC(C)(C)N1CCC(CC2CC3C=CC2C3)[Si]1(C)C. The van der Waals surface area contributed by atoms with E-state index in [9.17, 15) is 0 Å². The van der Waals surface area contributed by atoms with Crippen LogP contribution in [0.1, 0.15) is 46.5 Å². The van der Waals surface area contributed by atoms with Gasteiger partial charge in [0.15, 0.2) is 0 Å². The summed E-state index contributed by atoms with van der Waals surface area (Å²) in [5, 5.41) is 0. The molecule has 0 spiro atoms. The largest absolute Gasteiger partial charge is 0.319 e. The van der Waals surface area contributed by atoms with E-state index < -0.39 is 8.24 Å². The molecular formula is C17H31NSi. The molecular weight excluding hydrogens is 246 g/mol. The molecule has 4 unspecified atom stereocenters. The molecule has 19 heavy (non-hydrogen) atoms. The van der Waals surface area contributed by atoms with Crippen LogP contribution >= 0.6 is 0 Å². The summed E-state index contributed by atoms with van der Waals surface area (Å²) >= 11 is 0. The lowest BCUT2D eigenvalue weighted by Crippen LogP contribution is -2.55. The second-order valence-electron chi connectivity index (χ2n) is 8.74. The van der Waals surface area contributed by atoms with Crippen molar-refractivity contribution < 1.29 is 0 Å². The van der Waals surface area contributed by atoms with Gasteiger partial charge in [0.2, 0.25) is 0 Å². The third kappa shape index (κ3) is 2.35. The Morgan fingerprint density at radius 1 is 1.16 bits per heavy atom. The van der Waals surface area contributed by atoms with Gasteiger partial charge in [0.1, 0.15) is 8.24 Å². The summed E-state index contributed by atoms with van der Waals surface area (Å²) < 4.78 is 2.88. The fraction of sp³-hybridized carbons (Fsp3) is 0.882. The van der Waals surface area contributed by atoms with Crippen LogP contribution in [0, 0.1) is 17.8 Å². The minimum Gasteiger partial charge on any atom is -0.319 e. The van der Waals surface area contributed by atoms with Crippen LogP contribution < -0.4 is 0 Å². The lowest BCUT2D eigenvalue weighted by atomic mass is 9.88. The van der Waals surface area contributed by atoms with Gasteiger partial charge in [0.25, 0.3) is 0 Å². The standard InChI is InChI=1S/C17H31NSi/c1-17(2,3)18-9-8-16(19(18,4)5)12-15-11-13-6-7-14(15)10-13/h6-7,13-16H,8-12H2,1-5H3. The minimum absolute atomic E-state index is 0.374. The molecule has 2 bridgehead atoms. The number of hydrogen-bond donors (Lipinski definition) is 0. The van der Waals surface area contributed by atoms with Crippen LogP contribution in [0.2, 0.25) is 18.6 Å². The Labute approximate surface area is 120 Å². The van der Waals surface area contributed by atoms with Gasteiger partial charge in [-0.05, 0) is 76.3 Å². The Bertz CT molecular complexity index is 379. The van der Waals surface area contributed by atoms with Crippen LogP contribution in [0.5, 0.6) is 0 Å². The van der Waals surface area contributed by atoms with Crippen molar-refractivity contribution in [2.75, 3.05) is 6.54 Å². The quantitative estimate of drug-likeness (QED) is 0.524. The average Bonchev–Trinajstić information content (AvgIpc) is 2.92. The maximum atomic E-state index is 2.88. The monoisotopic (exact) mass is 277 g/mol. The van der Waals surface area contributed by atoms with Gasteiger partial charge in [-0.1, -0.05) is 25.2 Å².